The van der Waals surface area contributed by atoms with Crippen LogP contribution in [0.2, 0.25) is 0 Å². The van der Waals surface area contributed by atoms with Gasteiger partial charge in [0.2, 0.25) is 5.91 Å². The van der Waals surface area contributed by atoms with Crippen molar-refractivity contribution in [1.82, 2.24) is 15.1 Å². The number of benzene rings is 1. The monoisotopic (exact) mass is 383 g/mol. The Morgan fingerprint density at radius 1 is 1.11 bits per heavy atom. The van der Waals surface area contributed by atoms with E-state index in [-0.39, 0.29) is 18.5 Å². The Labute approximate surface area is 168 Å². The van der Waals surface area contributed by atoms with Crippen LogP contribution in [0.3, 0.4) is 0 Å². The van der Waals surface area contributed by atoms with E-state index in [1.54, 1.807) is 4.90 Å². The minimum absolute atomic E-state index is 0.0377. The predicted octanol–water partition coefficient (Wildman–Crippen LogP) is 3.63. The van der Waals surface area contributed by atoms with Crippen molar-refractivity contribution in [2.45, 2.75) is 58.9 Å². The molecule has 1 aromatic rings. The van der Waals surface area contributed by atoms with E-state index in [0.717, 1.165) is 12.1 Å². The number of nitrogens with zero attached hydrogens (tertiary/aromatic N) is 2. The lowest BCUT2D eigenvalue weighted by atomic mass is 9.84. The van der Waals surface area contributed by atoms with Crippen molar-refractivity contribution in [2.75, 3.05) is 26.2 Å². The summed E-state index contributed by atoms with van der Waals surface area (Å²) in [6.45, 7) is 6.96. The SMILES string of the molecule is Cc1cc(C)cc(CN2CCN(C(=O)NC[C@H]3CC34CCCCC4)CC2=O)c1. The third-order valence-corrected chi connectivity index (χ3v) is 6.97. The number of carbonyl (C=O) groups excluding carboxylic acids is 2. The second kappa shape index (κ2) is 7.76. The van der Waals surface area contributed by atoms with Gasteiger partial charge in [-0.15, -0.1) is 0 Å². The summed E-state index contributed by atoms with van der Waals surface area (Å²) in [5.74, 6) is 0.689. The third-order valence-electron chi connectivity index (χ3n) is 6.97. The molecule has 5 nitrogen and oxygen atoms in total. The molecule has 3 amide bonds. The van der Waals surface area contributed by atoms with Gasteiger partial charge in [-0.2, -0.15) is 0 Å². The molecule has 2 saturated carbocycles. The number of aryl methyl sites for hydroxylation is 2. The summed E-state index contributed by atoms with van der Waals surface area (Å²) in [5, 5.41) is 3.10. The van der Waals surface area contributed by atoms with E-state index in [4.69, 9.17) is 0 Å². The lowest BCUT2D eigenvalue weighted by Gasteiger charge is -2.34. The quantitative estimate of drug-likeness (QED) is 0.863. The molecule has 5 heteroatoms. The molecular formula is C23H33N3O2. The first kappa shape index (κ1) is 19.3. The van der Waals surface area contributed by atoms with E-state index in [1.807, 2.05) is 4.90 Å². The molecular weight excluding hydrogens is 350 g/mol. The van der Waals surface area contributed by atoms with Gasteiger partial charge in [-0.3, -0.25) is 4.79 Å². The molecule has 3 aliphatic rings. The van der Waals surface area contributed by atoms with Crippen molar-refractivity contribution in [1.29, 1.82) is 0 Å². The van der Waals surface area contributed by atoms with Crippen LogP contribution in [0.5, 0.6) is 0 Å². The summed E-state index contributed by atoms with van der Waals surface area (Å²) >= 11 is 0. The van der Waals surface area contributed by atoms with E-state index in [0.29, 0.717) is 31.0 Å². The van der Waals surface area contributed by atoms with Crippen LogP contribution in [0.25, 0.3) is 0 Å². The molecule has 1 heterocycles. The molecule has 1 aliphatic heterocycles. The first-order valence-electron chi connectivity index (χ1n) is 10.8. The lowest BCUT2D eigenvalue weighted by Crippen LogP contribution is -2.54. The number of rotatable bonds is 4. The van der Waals surface area contributed by atoms with Crippen molar-refractivity contribution in [3.05, 3.63) is 34.9 Å². The van der Waals surface area contributed by atoms with Gasteiger partial charge in [-0.05, 0) is 50.0 Å². The van der Waals surface area contributed by atoms with Gasteiger partial charge in [0.15, 0.2) is 0 Å². The van der Waals surface area contributed by atoms with Gasteiger partial charge in [-0.25, -0.2) is 4.79 Å². The largest absolute Gasteiger partial charge is 0.338 e. The molecule has 0 radical (unpaired) electrons. The molecule has 0 unspecified atom stereocenters. The summed E-state index contributed by atoms with van der Waals surface area (Å²) in [5.41, 5.74) is 4.13. The molecule has 1 saturated heterocycles. The summed E-state index contributed by atoms with van der Waals surface area (Å²) in [4.78, 5) is 28.7. The van der Waals surface area contributed by atoms with Crippen LogP contribution in [0.1, 0.15) is 55.2 Å². The van der Waals surface area contributed by atoms with Gasteiger partial charge >= 0.3 is 6.03 Å². The minimum atomic E-state index is -0.0720. The van der Waals surface area contributed by atoms with E-state index in [9.17, 15) is 9.59 Å². The van der Waals surface area contributed by atoms with E-state index >= 15 is 0 Å². The highest BCUT2D eigenvalue weighted by Gasteiger charge is 2.53. The van der Waals surface area contributed by atoms with E-state index in [2.05, 4.69) is 37.4 Å². The second-order valence-electron chi connectivity index (χ2n) is 9.24. The molecule has 3 fully saturated rings. The third kappa shape index (κ3) is 4.18. The zero-order valence-electron chi connectivity index (χ0n) is 17.3. The number of carbonyl (C=O) groups is 2. The molecule has 1 spiro atoms. The Hall–Kier alpha value is -2.04. The maximum absolute atomic E-state index is 12.6. The summed E-state index contributed by atoms with van der Waals surface area (Å²) in [7, 11) is 0. The van der Waals surface area contributed by atoms with Gasteiger partial charge in [0.05, 0.1) is 0 Å². The standard InChI is InChI=1S/C23H33N3O2/c1-17-10-18(2)12-19(11-17)15-25-8-9-26(16-21(25)27)22(28)24-14-20-13-23(20)6-4-3-5-7-23/h10-12,20H,3-9,13-16H2,1-2H3,(H,24,28)/t20-/m1/s1. The number of amides is 3. The smallest absolute Gasteiger partial charge is 0.317 e. The molecule has 1 aromatic carbocycles. The molecule has 152 valence electrons. The summed E-state index contributed by atoms with van der Waals surface area (Å²) in [6, 6.07) is 6.34. The molecule has 4 rings (SSSR count). The molecule has 1 atom stereocenters. The highest BCUT2D eigenvalue weighted by Crippen LogP contribution is 2.60. The van der Waals surface area contributed by atoms with Crippen molar-refractivity contribution >= 4 is 11.9 Å². The van der Waals surface area contributed by atoms with Gasteiger partial charge in [0.25, 0.3) is 0 Å². The molecule has 0 aromatic heterocycles. The Morgan fingerprint density at radius 2 is 1.82 bits per heavy atom. The van der Waals surface area contributed by atoms with Crippen molar-refractivity contribution < 1.29 is 9.59 Å². The van der Waals surface area contributed by atoms with Gasteiger partial charge in [0.1, 0.15) is 6.54 Å². The lowest BCUT2D eigenvalue weighted by molar-refractivity contribution is -0.135. The van der Waals surface area contributed by atoms with Crippen molar-refractivity contribution in [2.24, 2.45) is 11.3 Å². The molecule has 1 N–H and O–H groups in total. The second-order valence-corrected chi connectivity index (χ2v) is 9.24. The average molecular weight is 384 g/mol. The highest BCUT2D eigenvalue weighted by atomic mass is 16.2. The Bertz CT molecular complexity index is 734. The fourth-order valence-electron chi connectivity index (χ4n) is 5.34. The number of piperazine rings is 1. The highest BCUT2D eigenvalue weighted by molar-refractivity contribution is 5.85. The van der Waals surface area contributed by atoms with Crippen LogP contribution in [0, 0.1) is 25.2 Å². The zero-order chi connectivity index (χ0) is 19.7. The normalized spacial score (nSPS) is 23.8. The van der Waals surface area contributed by atoms with Crippen LogP contribution < -0.4 is 5.32 Å². The van der Waals surface area contributed by atoms with Crippen LogP contribution in [0.15, 0.2) is 18.2 Å². The maximum atomic E-state index is 12.6. The Morgan fingerprint density at radius 3 is 2.50 bits per heavy atom. The zero-order valence-corrected chi connectivity index (χ0v) is 17.3. The van der Waals surface area contributed by atoms with Gasteiger partial charge < -0.3 is 15.1 Å². The summed E-state index contributed by atoms with van der Waals surface area (Å²) in [6.07, 6.45) is 8.01. The Balaban J connectivity index is 1.24. The van der Waals surface area contributed by atoms with Crippen LogP contribution in [-0.4, -0.2) is 47.9 Å². The van der Waals surface area contributed by atoms with Crippen molar-refractivity contribution in [3.8, 4) is 0 Å². The molecule has 28 heavy (non-hydrogen) atoms. The van der Waals surface area contributed by atoms with Crippen molar-refractivity contribution in [3.63, 3.8) is 0 Å². The summed E-state index contributed by atoms with van der Waals surface area (Å²) < 4.78 is 0. The maximum Gasteiger partial charge on any atom is 0.317 e. The van der Waals surface area contributed by atoms with Crippen LogP contribution >= 0.6 is 0 Å². The predicted molar refractivity (Wildman–Crippen MR) is 110 cm³/mol. The molecule has 0 bridgehead atoms. The molecule has 2 aliphatic carbocycles. The minimum Gasteiger partial charge on any atom is -0.338 e. The first-order chi connectivity index (χ1) is 13.4. The fraction of sp³-hybridized carbons (Fsp3) is 0.652. The first-order valence-corrected chi connectivity index (χ1v) is 10.8. The number of nitrogens with one attached hydrogen (secondary N) is 1. The number of hydrogen-bond acceptors (Lipinski definition) is 2. The fourth-order valence-corrected chi connectivity index (χ4v) is 5.34. The average Bonchev–Trinajstić information content (AvgIpc) is 3.32. The van der Waals surface area contributed by atoms with E-state index < -0.39 is 0 Å². The van der Waals surface area contributed by atoms with Crippen LogP contribution in [0.4, 0.5) is 4.79 Å². The van der Waals surface area contributed by atoms with Crippen LogP contribution in [-0.2, 0) is 11.3 Å². The Kier molecular flexibility index (Phi) is 5.35. The van der Waals surface area contributed by atoms with E-state index in [1.165, 1.54) is 49.7 Å². The number of urea groups is 1. The van der Waals surface area contributed by atoms with Gasteiger partial charge in [-0.1, -0.05) is 48.6 Å². The topological polar surface area (TPSA) is 52.6 Å². The van der Waals surface area contributed by atoms with Gasteiger partial charge in [0, 0.05) is 26.2 Å². The number of hydrogen-bond donors (Lipinski definition) is 1.